The summed E-state index contributed by atoms with van der Waals surface area (Å²) in [5, 5.41) is 10.8. The highest BCUT2D eigenvalue weighted by molar-refractivity contribution is 9.12. The zero-order valence-electron chi connectivity index (χ0n) is 23.4. The molecule has 1 saturated heterocycles. The van der Waals surface area contributed by atoms with Crippen LogP contribution in [-0.4, -0.2) is 33.5 Å². The lowest BCUT2D eigenvalue weighted by Gasteiger charge is -2.42. The fraction of sp³-hybridized carbons (Fsp3) is 0.171. The van der Waals surface area contributed by atoms with Crippen molar-refractivity contribution < 1.29 is 33.1 Å². The third kappa shape index (κ3) is 4.05. The molecule has 1 N–H and O–H groups in total. The lowest BCUT2D eigenvalue weighted by Crippen LogP contribution is -2.39. The van der Waals surface area contributed by atoms with Gasteiger partial charge in [-0.25, -0.2) is 9.37 Å². The van der Waals surface area contributed by atoms with Gasteiger partial charge in [0.2, 0.25) is 17.7 Å². The van der Waals surface area contributed by atoms with Crippen molar-refractivity contribution in [1.82, 2.24) is 4.98 Å². The summed E-state index contributed by atoms with van der Waals surface area (Å²) in [5.41, 5.74) is 3.55. The molecule has 10 heteroatoms. The zero-order chi connectivity index (χ0) is 31.1. The number of oxazole rings is 1. The van der Waals surface area contributed by atoms with E-state index in [-0.39, 0.29) is 39.9 Å². The van der Waals surface area contributed by atoms with Crippen LogP contribution in [0.2, 0.25) is 0 Å². The standard InChI is InChI=1S/C35H22BrFN2O6/c36-23-15-26(40)30-22(31(23)41)14-21-18(28(30)19-4-3-5-24(37)32(19)42)12-13-20-29(21)35(44)39(34(20)43)17-10-8-16(9-11-17)33-38-25-6-1-2-7-27(25)45-33/h1-12,15,20-21,28-29,42H,13-14H2/t20-,21+,28+,29-/m0/s1. The minimum atomic E-state index is -0.948. The van der Waals surface area contributed by atoms with Crippen molar-refractivity contribution in [3.63, 3.8) is 0 Å². The molecule has 0 saturated carbocycles. The summed E-state index contributed by atoms with van der Waals surface area (Å²) in [4.78, 5) is 60.4. The lowest BCUT2D eigenvalue weighted by molar-refractivity contribution is -0.123. The molecule has 2 heterocycles. The first kappa shape index (κ1) is 27.6. The van der Waals surface area contributed by atoms with E-state index < -0.39 is 52.7 Å². The summed E-state index contributed by atoms with van der Waals surface area (Å²) >= 11 is 3.19. The normalized spacial score (nSPS) is 24.4. The number of benzene rings is 3. The summed E-state index contributed by atoms with van der Waals surface area (Å²) in [5.74, 6) is -5.74. The fourth-order valence-corrected chi connectivity index (χ4v) is 7.78. The molecule has 222 valence electrons. The number of ketones is 2. The number of fused-ring (bicyclic) bond motifs is 4. The van der Waals surface area contributed by atoms with Gasteiger partial charge in [0, 0.05) is 34.3 Å². The van der Waals surface area contributed by atoms with Crippen molar-refractivity contribution in [2.75, 3.05) is 4.90 Å². The molecule has 0 radical (unpaired) electrons. The average molecular weight is 665 g/mol. The quantitative estimate of drug-likeness (QED) is 0.155. The van der Waals surface area contributed by atoms with Gasteiger partial charge in [-0.15, -0.1) is 0 Å². The third-order valence-corrected chi connectivity index (χ3v) is 9.92. The second-order valence-corrected chi connectivity index (χ2v) is 12.5. The number of amides is 2. The molecule has 4 aromatic rings. The maximum Gasteiger partial charge on any atom is 0.238 e. The highest BCUT2D eigenvalue weighted by Gasteiger charge is 2.57. The predicted molar refractivity (Wildman–Crippen MR) is 165 cm³/mol. The van der Waals surface area contributed by atoms with Gasteiger partial charge in [0.25, 0.3) is 0 Å². The molecule has 2 amide bonds. The summed E-state index contributed by atoms with van der Waals surface area (Å²) in [6.45, 7) is 0. The topological polar surface area (TPSA) is 118 Å². The Morgan fingerprint density at radius 1 is 0.933 bits per heavy atom. The second-order valence-electron chi connectivity index (χ2n) is 11.6. The van der Waals surface area contributed by atoms with Gasteiger partial charge in [-0.2, -0.15) is 0 Å². The smallest absolute Gasteiger partial charge is 0.238 e. The number of hydrogen-bond acceptors (Lipinski definition) is 7. The number of hydrogen-bond donors (Lipinski definition) is 1. The Bertz CT molecular complexity index is 2080. The van der Waals surface area contributed by atoms with E-state index in [0.717, 1.165) is 6.07 Å². The first-order valence-electron chi connectivity index (χ1n) is 14.4. The van der Waals surface area contributed by atoms with Crippen LogP contribution in [-0.2, 0) is 19.2 Å². The number of phenols is 1. The van der Waals surface area contributed by atoms with Crippen molar-refractivity contribution in [2.45, 2.75) is 18.8 Å². The molecular formula is C35H22BrFN2O6. The Balaban J connectivity index is 1.17. The molecule has 3 aromatic carbocycles. The van der Waals surface area contributed by atoms with Gasteiger partial charge < -0.3 is 9.52 Å². The number of para-hydroxylation sites is 3. The molecule has 45 heavy (non-hydrogen) atoms. The van der Waals surface area contributed by atoms with Crippen LogP contribution in [0.4, 0.5) is 10.1 Å². The molecule has 8 rings (SSSR count). The lowest BCUT2D eigenvalue weighted by atomic mass is 9.59. The molecule has 0 unspecified atom stereocenters. The Kier molecular flexibility index (Phi) is 6.15. The second kappa shape index (κ2) is 10.0. The Hall–Kier alpha value is -4.96. The van der Waals surface area contributed by atoms with Crippen LogP contribution < -0.4 is 4.90 Å². The van der Waals surface area contributed by atoms with Gasteiger partial charge >= 0.3 is 0 Å². The van der Waals surface area contributed by atoms with Gasteiger partial charge in [0.1, 0.15) is 5.52 Å². The van der Waals surface area contributed by atoms with E-state index in [1.165, 1.54) is 23.1 Å². The number of nitrogens with zero attached hydrogens (tertiary/aromatic N) is 2. The molecule has 0 spiro atoms. The van der Waals surface area contributed by atoms with Gasteiger partial charge in [-0.05, 0) is 77.2 Å². The number of halogens is 2. The van der Waals surface area contributed by atoms with Crippen LogP contribution in [0.3, 0.4) is 0 Å². The number of aromatic hydroxyl groups is 1. The third-order valence-electron chi connectivity index (χ3n) is 9.33. The zero-order valence-corrected chi connectivity index (χ0v) is 25.0. The number of carbonyl (C=O) groups is 4. The van der Waals surface area contributed by atoms with Crippen LogP contribution in [0.1, 0.15) is 24.3 Å². The molecule has 4 atom stereocenters. The molecule has 4 aliphatic rings. The molecule has 3 aliphatic carbocycles. The Morgan fingerprint density at radius 3 is 2.49 bits per heavy atom. The van der Waals surface area contributed by atoms with Crippen LogP contribution in [0, 0.1) is 23.6 Å². The number of anilines is 1. The van der Waals surface area contributed by atoms with E-state index in [1.807, 2.05) is 30.3 Å². The molecule has 1 aromatic heterocycles. The van der Waals surface area contributed by atoms with Crippen molar-refractivity contribution >= 4 is 56.1 Å². The number of Topliss-reactive ketones (excluding diaryl/α,β-unsaturated/α-hetero) is 1. The van der Waals surface area contributed by atoms with E-state index in [2.05, 4.69) is 20.9 Å². The highest BCUT2D eigenvalue weighted by atomic mass is 79.9. The van der Waals surface area contributed by atoms with Crippen LogP contribution in [0.15, 0.2) is 105 Å². The van der Waals surface area contributed by atoms with E-state index in [1.54, 1.807) is 24.3 Å². The predicted octanol–water partition coefficient (Wildman–Crippen LogP) is 6.31. The fourth-order valence-electron chi connectivity index (χ4n) is 7.33. The maximum atomic E-state index is 14.6. The Labute approximate surface area is 263 Å². The van der Waals surface area contributed by atoms with Gasteiger partial charge in [-0.1, -0.05) is 35.9 Å². The number of aromatic nitrogens is 1. The van der Waals surface area contributed by atoms with E-state index in [9.17, 15) is 28.7 Å². The number of carbonyl (C=O) groups excluding carboxylic acids is 4. The van der Waals surface area contributed by atoms with Crippen LogP contribution in [0.5, 0.6) is 5.75 Å². The molecule has 8 nitrogen and oxygen atoms in total. The number of rotatable bonds is 3. The van der Waals surface area contributed by atoms with Crippen molar-refractivity contribution in [1.29, 1.82) is 0 Å². The summed E-state index contributed by atoms with van der Waals surface area (Å²) in [7, 11) is 0. The minimum absolute atomic E-state index is 0.0615. The molecular weight excluding hydrogens is 643 g/mol. The van der Waals surface area contributed by atoms with Crippen molar-refractivity contribution in [3.05, 3.63) is 111 Å². The van der Waals surface area contributed by atoms with E-state index >= 15 is 0 Å². The minimum Gasteiger partial charge on any atom is -0.505 e. The number of phenolic OH excluding ortho intramolecular Hbond substituents is 1. The number of imide groups is 1. The van der Waals surface area contributed by atoms with E-state index in [4.69, 9.17) is 4.42 Å². The maximum absolute atomic E-state index is 14.6. The first-order valence-corrected chi connectivity index (χ1v) is 15.2. The SMILES string of the molecule is O=C1C=C(Br)C(=O)C2=C1[C@@H](c1cccc(F)c1O)C1=CC[C@@H]3C(=O)N(c4ccc(-c5nc6ccccc6o5)cc4)C(=O)[C@@H]3[C@@H]1C2. The molecule has 0 bridgehead atoms. The number of allylic oxidation sites excluding steroid dienone is 6. The van der Waals surface area contributed by atoms with Gasteiger partial charge in [0.05, 0.1) is 22.0 Å². The van der Waals surface area contributed by atoms with Gasteiger partial charge in [0.15, 0.2) is 28.7 Å². The summed E-state index contributed by atoms with van der Waals surface area (Å²) < 4.78 is 20.5. The van der Waals surface area contributed by atoms with Crippen LogP contribution >= 0.6 is 15.9 Å². The summed E-state index contributed by atoms with van der Waals surface area (Å²) in [6, 6.07) is 18.3. The summed E-state index contributed by atoms with van der Waals surface area (Å²) in [6.07, 6.45) is 3.29. The van der Waals surface area contributed by atoms with Gasteiger partial charge in [-0.3, -0.25) is 24.1 Å². The monoisotopic (exact) mass is 664 g/mol. The Morgan fingerprint density at radius 2 is 1.71 bits per heavy atom. The van der Waals surface area contributed by atoms with E-state index in [0.29, 0.717) is 33.8 Å². The average Bonchev–Trinajstić information content (AvgIpc) is 3.59. The van der Waals surface area contributed by atoms with Crippen molar-refractivity contribution in [2.24, 2.45) is 17.8 Å². The highest BCUT2D eigenvalue weighted by Crippen LogP contribution is 2.56. The largest absolute Gasteiger partial charge is 0.505 e. The van der Waals surface area contributed by atoms with Crippen LogP contribution in [0.25, 0.3) is 22.6 Å². The molecule has 1 aliphatic heterocycles. The molecule has 1 fully saturated rings. The first-order chi connectivity index (χ1) is 21.7. The van der Waals surface area contributed by atoms with Crippen molar-refractivity contribution in [3.8, 4) is 17.2 Å².